The van der Waals surface area contributed by atoms with E-state index in [1.165, 1.54) is 0 Å². The lowest BCUT2D eigenvalue weighted by Crippen LogP contribution is -2.09. The zero-order valence-electron chi connectivity index (χ0n) is 22.2. The van der Waals surface area contributed by atoms with E-state index in [-0.39, 0.29) is 0 Å². The molecule has 0 aromatic heterocycles. The van der Waals surface area contributed by atoms with Crippen LogP contribution in [0.5, 0.6) is 23.0 Å². The van der Waals surface area contributed by atoms with Crippen LogP contribution in [0.4, 0.5) is 0 Å². The maximum atomic E-state index is 5.56. The maximum absolute atomic E-state index is 5.56. The molecule has 4 aromatic rings. The molecule has 6 heteroatoms. The molecule has 0 aliphatic rings. The fourth-order valence-electron chi connectivity index (χ4n) is 4.12. The monoisotopic (exact) mass is 508 g/mol. The van der Waals surface area contributed by atoms with Crippen molar-refractivity contribution in [1.82, 2.24) is 0 Å². The lowest BCUT2D eigenvalue weighted by molar-refractivity contribution is 0.355. The van der Waals surface area contributed by atoms with Crippen LogP contribution in [-0.4, -0.2) is 39.9 Å². The molecule has 0 aliphatic heterocycles. The molecule has 6 nitrogen and oxygen atoms in total. The van der Waals surface area contributed by atoms with E-state index in [4.69, 9.17) is 29.2 Å². The lowest BCUT2D eigenvalue weighted by atomic mass is 10.0. The highest BCUT2D eigenvalue weighted by Crippen LogP contribution is 2.30. The van der Waals surface area contributed by atoms with E-state index in [0.717, 1.165) is 33.7 Å². The average molecular weight is 509 g/mol. The molecule has 0 aliphatic carbocycles. The van der Waals surface area contributed by atoms with Gasteiger partial charge in [0.1, 0.15) is 0 Å². The van der Waals surface area contributed by atoms with Gasteiger partial charge in [-0.05, 0) is 47.5 Å². The van der Waals surface area contributed by atoms with Crippen molar-refractivity contribution in [2.24, 2.45) is 10.2 Å². The van der Waals surface area contributed by atoms with Gasteiger partial charge in [0.2, 0.25) is 0 Å². The third kappa shape index (κ3) is 6.59. The Morgan fingerprint density at radius 1 is 0.474 bits per heavy atom. The van der Waals surface area contributed by atoms with E-state index < -0.39 is 0 Å². The van der Waals surface area contributed by atoms with Gasteiger partial charge < -0.3 is 18.9 Å². The van der Waals surface area contributed by atoms with Crippen LogP contribution >= 0.6 is 0 Å². The average Bonchev–Trinajstić information content (AvgIpc) is 2.98. The van der Waals surface area contributed by atoms with Crippen molar-refractivity contribution in [3.05, 3.63) is 119 Å². The van der Waals surface area contributed by atoms with Crippen molar-refractivity contribution >= 4 is 11.4 Å². The van der Waals surface area contributed by atoms with E-state index in [0.29, 0.717) is 35.8 Å². The third-order valence-electron chi connectivity index (χ3n) is 6.15. The van der Waals surface area contributed by atoms with Gasteiger partial charge in [0.25, 0.3) is 0 Å². The zero-order chi connectivity index (χ0) is 26.7. The number of nitrogens with zero attached hydrogens (tertiary/aromatic N) is 2. The summed E-state index contributed by atoms with van der Waals surface area (Å²) in [6.07, 6.45) is 1.20. The SMILES string of the molecule is COc1ccc(C(Cc2ccccc2)=NN=C(Cc2ccccc2)c2ccc(OC)c(OC)c2)cc1OC. The molecular formula is C32H32N2O4. The molecule has 0 N–H and O–H groups in total. The Hall–Kier alpha value is -4.58. The minimum Gasteiger partial charge on any atom is -0.493 e. The molecule has 0 spiro atoms. The van der Waals surface area contributed by atoms with Gasteiger partial charge in [0.15, 0.2) is 23.0 Å². The van der Waals surface area contributed by atoms with Crippen LogP contribution in [0, 0.1) is 0 Å². The second-order valence-corrected chi connectivity index (χ2v) is 8.56. The van der Waals surface area contributed by atoms with E-state index in [2.05, 4.69) is 24.3 Å². The second-order valence-electron chi connectivity index (χ2n) is 8.56. The summed E-state index contributed by atoms with van der Waals surface area (Å²) >= 11 is 0. The normalized spacial score (nSPS) is 11.7. The first-order valence-electron chi connectivity index (χ1n) is 12.3. The van der Waals surface area contributed by atoms with Crippen LogP contribution in [0.15, 0.2) is 107 Å². The van der Waals surface area contributed by atoms with Crippen LogP contribution in [0.1, 0.15) is 22.3 Å². The molecule has 4 aromatic carbocycles. The van der Waals surface area contributed by atoms with Gasteiger partial charge in [0.05, 0.1) is 39.9 Å². The van der Waals surface area contributed by atoms with E-state index in [9.17, 15) is 0 Å². The fourth-order valence-corrected chi connectivity index (χ4v) is 4.12. The standard InChI is InChI=1S/C32H32N2O4/c1-35-29-17-15-25(21-31(29)37-3)27(19-23-11-7-5-8-12-23)33-34-28(20-24-13-9-6-10-14-24)26-16-18-30(36-2)32(22-26)38-4/h5-18,21-22H,19-20H2,1-4H3. The number of hydrogen-bond acceptors (Lipinski definition) is 6. The van der Waals surface area contributed by atoms with Gasteiger partial charge in [0, 0.05) is 24.0 Å². The van der Waals surface area contributed by atoms with Crippen molar-refractivity contribution < 1.29 is 18.9 Å². The Labute approximate surface area is 224 Å². The number of ether oxygens (including phenoxy) is 4. The molecule has 0 fully saturated rings. The molecule has 4 rings (SSSR count). The van der Waals surface area contributed by atoms with Crippen LogP contribution in [0.25, 0.3) is 0 Å². The van der Waals surface area contributed by atoms with Crippen molar-refractivity contribution in [3.8, 4) is 23.0 Å². The van der Waals surface area contributed by atoms with Crippen LogP contribution < -0.4 is 18.9 Å². The van der Waals surface area contributed by atoms with Gasteiger partial charge in [-0.1, -0.05) is 60.7 Å². The highest BCUT2D eigenvalue weighted by molar-refractivity contribution is 6.05. The summed E-state index contributed by atoms with van der Waals surface area (Å²) in [5.74, 6) is 2.60. The Bertz CT molecular complexity index is 1290. The first-order valence-corrected chi connectivity index (χ1v) is 12.3. The van der Waals surface area contributed by atoms with Gasteiger partial charge >= 0.3 is 0 Å². The summed E-state index contributed by atoms with van der Waals surface area (Å²) in [6.45, 7) is 0. The summed E-state index contributed by atoms with van der Waals surface area (Å²) in [5.41, 5.74) is 5.69. The summed E-state index contributed by atoms with van der Waals surface area (Å²) in [5, 5.41) is 9.65. The molecule has 194 valence electrons. The topological polar surface area (TPSA) is 61.6 Å². The summed E-state index contributed by atoms with van der Waals surface area (Å²) in [6, 6.07) is 32.0. The highest BCUT2D eigenvalue weighted by Gasteiger charge is 2.13. The van der Waals surface area contributed by atoms with E-state index in [1.54, 1.807) is 28.4 Å². The first-order chi connectivity index (χ1) is 18.6. The van der Waals surface area contributed by atoms with Crippen LogP contribution in [0.3, 0.4) is 0 Å². The van der Waals surface area contributed by atoms with Crippen molar-refractivity contribution in [1.29, 1.82) is 0 Å². The molecule has 0 amide bonds. The van der Waals surface area contributed by atoms with Gasteiger partial charge in [-0.2, -0.15) is 10.2 Å². The molecule has 0 saturated carbocycles. The minimum absolute atomic E-state index is 0.602. The van der Waals surface area contributed by atoms with Crippen molar-refractivity contribution in [2.45, 2.75) is 12.8 Å². The van der Waals surface area contributed by atoms with Crippen molar-refractivity contribution in [2.75, 3.05) is 28.4 Å². The quantitative estimate of drug-likeness (QED) is 0.174. The predicted octanol–water partition coefficient (Wildman–Crippen LogP) is 6.40. The molecule has 38 heavy (non-hydrogen) atoms. The molecule has 0 atom stereocenters. The highest BCUT2D eigenvalue weighted by atomic mass is 16.5. The molecule has 0 radical (unpaired) electrons. The Morgan fingerprint density at radius 3 is 1.18 bits per heavy atom. The summed E-state index contributed by atoms with van der Waals surface area (Å²) in [4.78, 5) is 0. The fraction of sp³-hybridized carbons (Fsp3) is 0.188. The predicted molar refractivity (Wildman–Crippen MR) is 152 cm³/mol. The van der Waals surface area contributed by atoms with Crippen molar-refractivity contribution in [3.63, 3.8) is 0 Å². The molecule has 0 saturated heterocycles. The Morgan fingerprint density at radius 2 is 0.842 bits per heavy atom. The number of methoxy groups -OCH3 is 4. The Kier molecular flexibility index (Phi) is 9.13. The van der Waals surface area contributed by atoms with Crippen LogP contribution in [-0.2, 0) is 12.8 Å². The molecule has 0 bridgehead atoms. The van der Waals surface area contributed by atoms with E-state index in [1.807, 2.05) is 72.8 Å². The molecular weight excluding hydrogens is 476 g/mol. The molecule has 0 unspecified atom stereocenters. The second kappa shape index (κ2) is 13.1. The maximum Gasteiger partial charge on any atom is 0.161 e. The number of benzene rings is 4. The number of hydrogen-bond donors (Lipinski definition) is 0. The van der Waals surface area contributed by atoms with Gasteiger partial charge in [-0.3, -0.25) is 0 Å². The number of rotatable bonds is 11. The summed E-state index contributed by atoms with van der Waals surface area (Å²) < 4.78 is 22.0. The smallest absolute Gasteiger partial charge is 0.161 e. The van der Waals surface area contributed by atoms with Gasteiger partial charge in [-0.15, -0.1) is 0 Å². The molecule has 0 heterocycles. The lowest BCUT2D eigenvalue weighted by Gasteiger charge is -2.13. The van der Waals surface area contributed by atoms with Crippen LogP contribution in [0.2, 0.25) is 0 Å². The van der Waals surface area contributed by atoms with E-state index >= 15 is 0 Å². The van der Waals surface area contributed by atoms with Gasteiger partial charge in [-0.25, -0.2) is 0 Å². The summed E-state index contributed by atoms with van der Waals surface area (Å²) in [7, 11) is 6.51. The minimum atomic E-state index is 0.602. The zero-order valence-corrected chi connectivity index (χ0v) is 22.2. The largest absolute Gasteiger partial charge is 0.493 e. The Balaban J connectivity index is 1.82. The first kappa shape index (κ1) is 26.5. The third-order valence-corrected chi connectivity index (χ3v) is 6.15.